The van der Waals surface area contributed by atoms with Gasteiger partial charge in [-0.1, -0.05) is 18.2 Å². The second-order valence-electron chi connectivity index (χ2n) is 6.30. The Labute approximate surface area is 145 Å². The Bertz CT molecular complexity index is 781. The lowest BCUT2D eigenvalue weighted by Gasteiger charge is -2.13. The fourth-order valence-electron chi connectivity index (χ4n) is 2.71. The molecule has 2 aromatic rings. The van der Waals surface area contributed by atoms with Gasteiger partial charge in [-0.05, 0) is 30.2 Å². The largest absolute Gasteiger partial charge is 0.363 e. The Hall–Kier alpha value is -2.70. The van der Waals surface area contributed by atoms with E-state index in [9.17, 15) is 13.6 Å². The fourth-order valence-corrected chi connectivity index (χ4v) is 2.71. The van der Waals surface area contributed by atoms with Crippen LogP contribution in [0.1, 0.15) is 23.6 Å². The maximum atomic E-state index is 13.8. The highest BCUT2D eigenvalue weighted by Crippen LogP contribution is 2.42. The van der Waals surface area contributed by atoms with Gasteiger partial charge in [0.1, 0.15) is 5.82 Å². The molecule has 0 unspecified atom stereocenters. The standard InChI is InChI=1S/C18H20F2N4O/c1-24(2)16-8-3-5-11(22-16)10-21-18(25)23-15-9-13(15)12-6-4-7-14(19)17(12)20/h3-8,13,15H,9-10H2,1-2H3,(H2,21,23,25)/t13-,15-/m0/s1. The number of rotatable bonds is 5. The van der Waals surface area contributed by atoms with Crippen LogP contribution in [0.3, 0.4) is 0 Å². The number of pyridine rings is 1. The molecular formula is C18H20F2N4O. The summed E-state index contributed by atoms with van der Waals surface area (Å²) in [6.07, 6.45) is 0.599. The Balaban J connectivity index is 1.51. The molecule has 2 N–H and O–H groups in total. The minimum atomic E-state index is -0.862. The number of hydrogen-bond donors (Lipinski definition) is 2. The first-order chi connectivity index (χ1) is 12.0. The van der Waals surface area contributed by atoms with Gasteiger partial charge in [0.15, 0.2) is 11.6 Å². The van der Waals surface area contributed by atoms with E-state index in [-0.39, 0.29) is 18.0 Å². The molecule has 132 valence electrons. The lowest BCUT2D eigenvalue weighted by atomic mass is 10.1. The number of carbonyl (C=O) groups is 1. The summed E-state index contributed by atoms with van der Waals surface area (Å²) in [6, 6.07) is 9.18. The van der Waals surface area contributed by atoms with Gasteiger partial charge in [0.25, 0.3) is 0 Å². The van der Waals surface area contributed by atoms with Crippen molar-refractivity contribution in [1.82, 2.24) is 15.6 Å². The Morgan fingerprint density at radius 3 is 2.76 bits per heavy atom. The molecule has 0 radical (unpaired) electrons. The van der Waals surface area contributed by atoms with Crippen molar-refractivity contribution in [2.45, 2.75) is 24.9 Å². The molecule has 2 atom stereocenters. The zero-order valence-electron chi connectivity index (χ0n) is 14.1. The van der Waals surface area contributed by atoms with Gasteiger partial charge in [-0.25, -0.2) is 18.6 Å². The van der Waals surface area contributed by atoms with Crippen LogP contribution in [0.25, 0.3) is 0 Å². The molecule has 3 rings (SSSR count). The van der Waals surface area contributed by atoms with Gasteiger partial charge in [-0.15, -0.1) is 0 Å². The van der Waals surface area contributed by atoms with Gasteiger partial charge < -0.3 is 15.5 Å². The van der Waals surface area contributed by atoms with Crippen LogP contribution in [0.15, 0.2) is 36.4 Å². The number of urea groups is 1. The van der Waals surface area contributed by atoms with Crippen molar-refractivity contribution in [3.63, 3.8) is 0 Å². The molecule has 25 heavy (non-hydrogen) atoms. The predicted octanol–water partition coefficient (Wildman–Crippen LogP) is 2.78. The van der Waals surface area contributed by atoms with E-state index in [1.165, 1.54) is 6.07 Å². The van der Waals surface area contributed by atoms with E-state index in [4.69, 9.17) is 0 Å². The van der Waals surface area contributed by atoms with Crippen molar-refractivity contribution >= 4 is 11.8 Å². The van der Waals surface area contributed by atoms with Crippen molar-refractivity contribution in [3.05, 3.63) is 59.3 Å². The Morgan fingerprint density at radius 2 is 2.00 bits per heavy atom. The summed E-state index contributed by atoms with van der Waals surface area (Å²) in [4.78, 5) is 18.3. The van der Waals surface area contributed by atoms with Crippen LogP contribution >= 0.6 is 0 Å². The normalized spacial score (nSPS) is 18.6. The van der Waals surface area contributed by atoms with Gasteiger partial charge in [0.05, 0.1) is 12.2 Å². The van der Waals surface area contributed by atoms with Gasteiger partial charge in [-0.2, -0.15) is 0 Å². The zero-order chi connectivity index (χ0) is 18.0. The zero-order valence-corrected chi connectivity index (χ0v) is 14.1. The summed E-state index contributed by atoms with van der Waals surface area (Å²) >= 11 is 0. The number of amides is 2. The van der Waals surface area contributed by atoms with E-state index in [1.54, 1.807) is 6.07 Å². The SMILES string of the molecule is CN(C)c1cccc(CNC(=O)N[C@H]2C[C@H]2c2cccc(F)c2F)n1. The second kappa shape index (κ2) is 7.04. The van der Waals surface area contributed by atoms with Crippen molar-refractivity contribution in [1.29, 1.82) is 0 Å². The van der Waals surface area contributed by atoms with Crippen molar-refractivity contribution in [2.75, 3.05) is 19.0 Å². The van der Waals surface area contributed by atoms with E-state index in [1.807, 2.05) is 37.2 Å². The van der Waals surface area contributed by atoms with Gasteiger partial charge in [-0.3, -0.25) is 0 Å². The molecular weight excluding hydrogens is 326 g/mol. The minimum absolute atomic E-state index is 0.183. The topological polar surface area (TPSA) is 57.3 Å². The lowest BCUT2D eigenvalue weighted by molar-refractivity contribution is 0.239. The third kappa shape index (κ3) is 4.04. The number of halogens is 2. The fraction of sp³-hybridized carbons (Fsp3) is 0.333. The molecule has 1 aliphatic carbocycles. The Kier molecular flexibility index (Phi) is 4.83. The summed E-state index contributed by atoms with van der Waals surface area (Å²) in [5.41, 5.74) is 1.05. The molecule has 0 spiro atoms. The molecule has 1 aromatic heterocycles. The molecule has 1 heterocycles. The first kappa shape index (κ1) is 17.1. The van der Waals surface area contributed by atoms with Crippen LogP contribution in [-0.2, 0) is 6.54 Å². The van der Waals surface area contributed by atoms with Crippen LogP contribution in [0, 0.1) is 11.6 Å². The van der Waals surface area contributed by atoms with E-state index in [0.29, 0.717) is 18.5 Å². The van der Waals surface area contributed by atoms with Crippen molar-refractivity contribution < 1.29 is 13.6 Å². The number of anilines is 1. The van der Waals surface area contributed by atoms with Gasteiger partial charge >= 0.3 is 6.03 Å². The highest BCUT2D eigenvalue weighted by Gasteiger charge is 2.41. The van der Waals surface area contributed by atoms with Crippen LogP contribution in [-0.4, -0.2) is 31.2 Å². The number of benzene rings is 1. The molecule has 0 saturated heterocycles. The minimum Gasteiger partial charge on any atom is -0.363 e. The molecule has 2 amide bonds. The highest BCUT2D eigenvalue weighted by atomic mass is 19.2. The van der Waals surface area contributed by atoms with Crippen LogP contribution in [0.5, 0.6) is 0 Å². The smallest absolute Gasteiger partial charge is 0.315 e. The summed E-state index contributed by atoms with van der Waals surface area (Å²) in [6.45, 7) is 0.291. The third-order valence-electron chi connectivity index (χ3n) is 4.17. The van der Waals surface area contributed by atoms with E-state index < -0.39 is 11.6 Å². The average Bonchev–Trinajstić information content (AvgIpc) is 3.34. The molecule has 0 bridgehead atoms. The summed E-state index contributed by atoms with van der Waals surface area (Å²) in [7, 11) is 3.79. The molecule has 1 aliphatic rings. The van der Waals surface area contributed by atoms with E-state index in [2.05, 4.69) is 15.6 Å². The molecule has 0 aliphatic heterocycles. The number of hydrogen-bond acceptors (Lipinski definition) is 3. The number of carbonyl (C=O) groups excluding carboxylic acids is 1. The van der Waals surface area contributed by atoms with Crippen LogP contribution in [0.4, 0.5) is 19.4 Å². The summed E-state index contributed by atoms with van der Waals surface area (Å²) < 4.78 is 27.0. The van der Waals surface area contributed by atoms with E-state index in [0.717, 1.165) is 17.6 Å². The Morgan fingerprint density at radius 1 is 1.24 bits per heavy atom. The maximum Gasteiger partial charge on any atom is 0.315 e. The maximum absolute atomic E-state index is 13.8. The molecule has 1 fully saturated rings. The molecule has 5 nitrogen and oxygen atoms in total. The van der Waals surface area contributed by atoms with E-state index >= 15 is 0 Å². The first-order valence-electron chi connectivity index (χ1n) is 8.07. The first-order valence-corrected chi connectivity index (χ1v) is 8.07. The van der Waals surface area contributed by atoms with Gasteiger partial charge in [0, 0.05) is 26.1 Å². The summed E-state index contributed by atoms with van der Waals surface area (Å²) in [5, 5.41) is 5.51. The quantitative estimate of drug-likeness (QED) is 0.875. The molecule has 1 saturated carbocycles. The molecule has 1 aromatic carbocycles. The number of nitrogens with zero attached hydrogens (tertiary/aromatic N) is 2. The molecule has 7 heteroatoms. The number of nitrogens with one attached hydrogen (secondary N) is 2. The van der Waals surface area contributed by atoms with Crippen LogP contribution in [0.2, 0.25) is 0 Å². The summed E-state index contributed by atoms with van der Waals surface area (Å²) in [5.74, 6) is -1.07. The second-order valence-corrected chi connectivity index (χ2v) is 6.30. The highest BCUT2D eigenvalue weighted by molar-refractivity contribution is 5.74. The van der Waals surface area contributed by atoms with Crippen molar-refractivity contribution in [3.8, 4) is 0 Å². The number of aromatic nitrogens is 1. The predicted molar refractivity (Wildman–Crippen MR) is 91.4 cm³/mol. The van der Waals surface area contributed by atoms with Gasteiger partial charge in [0.2, 0.25) is 0 Å². The third-order valence-corrected chi connectivity index (χ3v) is 4.17. The monoisotopic (exact) mass is 346 g/mol. The lowest BCUT2D eigenvalue weighted by Crippen LogP contribution is -2.37. The average molecular weight is 346 g/mol. The van der Waals surface area contributed by atoms with Crippen LogP contribution < -0.4 is 15.5 Å². The van der Waals surface area contributed by atoms with Crippen molar-refractivity contribution in [2.24, 2.45) is 0 Å².